The molecule has 11 heteroatoms. The Balaban J connectivity index is 1.65. The molecule has 1 aromatic carbocycles. The smallest absolute Gasteiger partial charge is 0.368 e. The molecule has 4 N–H and O–H groups in total. The van der Waals surface area contributed by atoms with Crippen LogP contribution in [0.5, 0.6) is 0 Å². The van der Waals surface area contributed by atoms with Crippen molar-refractivity contribution in [1.29, 1.82) is 5.41 Å². The van der Waals surface area contributed by atoms with E-state index < -0.39 is 17.2 Å². The molecule has 0 amide bonds. The van der Waals surface area contributed by atoms with Crippen LogP contribution in [0.1, 0.15) is 24.1 Å². The Labute approximate surface area is 193 Å². The normalized spacial score (nSPS) is 15.2. The summed E-state index contributed by atoms with van der Waals surface area (Å²) in [6, 6.07) is 6.75. The van der Waals surface area contributed by atoms with E-state index in [0.717, 1.165) is 6.07 Å². The van der Waals surface area contributed by atoms with Gasteiger partial charge in [-0.05, 0) is 54.8 Å². The Morgan fingerprint density at radius 1 is 1.30 bits per heavy atom. The number of aldehydes is 1. The van der Waals surface area contributed by atoms with Gasteiger partial charge >= 0.3 is 6.18 Å². The van der Waals surface area contributed by atoms with Gasteiger partial charge in [-0.2, -0.15) is 18.3 Å². The summed E-state index contributed by atoms with van der Waals surface area (Å²) in [4.78, 5) is 15.2. The van der Waals surface area contributed by atoms with Crippen molar-refractivity contribution in [3.8, 4) is 0 Å². The van der Waals surface area contributed by atoms with Gasteiger partial charge in [0.15, 0.2) is 0 Å². The van der Waals surface area contributed by atoms with E-state index in [1.54, 1.807) is 19.2 Å². The maximum atomic E-state index is 13.3. The van der Waals surface area contributed by atoms with Crippen LogP contribution in [0, 0.1) is 10.8 Å². The van der Waals surface area contributed by atoms with Crippen molar-refractivity contribution in [2.45, 2.75) is 25.6 Å². The van der Waals surface area contributed by atoms with Crippen LogP contribution < -0.4 is 16.1 Å². The van der Waals surface area contributed by atoms with Gasteiger partial charge in [0.05, 0.1) is 47.0 Å². The Morgan fingerprint density at radius 2 is 2.06 bits per heavy atom. The second-order valence-corrected chi connectivity index (χ2v) is 7.84. The Kier molecular flexibility index (Phi) is 7.37. The first-order valence-corrected chi connectivity index (χ1v) is 10.3. The number of carbonyl (C=O) groups is 1. The SMILES string of the molecule is CN/N=C\C(=C/C=O)C1(C(=N)NCc2ccc(Nc3ccc(Cl)cc3C(F)(F)F)cn2)CC1. The zero-order valence-corrected chi connectivity index (χ0v) is 18.4. The van der Waals surface area contributed by atoms with Crippen LogP contribution in [-0.2, 0) is 17.5 Å². The van der Waals surface area contributed by atoms with Crippen molar-refractivity contribution in [3.63, 3.8) is 0 Å². The van der Waals surface area contributed by atoms with Crippen LogP contribution in [0.3, 0.4) is 0 Å². The Bertz CT molecular complexity index is 1080. The first-order chi connectivity index (χ1) is 15.7. The van der Waals surface area contributed by atoms with E-state index in [9.17, 15) is 18.0 Å². The molecule has 0 atom stereocenters. The zero-order valence-electron chi connectivity index (χ0n) is 17.6. The van der Waals surface area contributed by atoms with Gasteiger partial charge in [0.25, 0.3) is 0 Å². The van der Waals surface area contributed by atoms with Gasteiger partial charge in [0, 0.05) is 12.1 Å². The summed E-state index contributed by atoms with van der Waals surface area (Å²) >= 11 is 5.71. The molecular formula is C22H22ClF3N6O. The lowest BCUT2D eigenvalue weighted by Crippen LogP contribution is -2.33. The lowest BCUT2D eigenvalue weighted by atomic mass is 9.94. The van der Waals surface area contributed by atoms with Crippen LogP contribution in [0.2, 0.25) is 5.02 Å². The summed E-state index contributed by atoms with van der Waals surface area (Å²) < 4.78 is 39.8. The summed E-state index contributed by atoms with van der Waals surface area (Å²) in [5.41, 5.74) is 2.66. The number of hydrogen-bond acceptors (Lipinski definition) is 6. The molecule has 2 aromatic rings. The number of benzene rings is 1. The van der Waals surface area contributed by atoms with E-state index in [2.05, 4.69) is 26.1 Å². The predicted molar refractivity (Wildman–Crippen MR) is 122 cm³/mol. The number of pyridine rings is 1. The van der Waals surface area contributed by atoms with Gasteiger partial charge in [0.1, 0.15) is 12.1 Å². The molecule has 1 fully saturated rings. The van der Waals surface area contributed by atoms with Crippen LogP contribution in [-0.4, -0.2) is 30.4 Å². The van der Waals surface area contributed by atoms with E-state index in [-0.39, 0.29) is 23.1 Å². The quantitative estimate of drug-likeness (QED) is 0.138. The second-order valence-electron chi connectivity index (χ2n) is 7.40. The third-order valence-electron chi connectivity index (χ3n) is 5.20. The van der Waals surface area contributed by atoms with Crippen molar-refractivity contribution in [2.75, 3.05) is 12.4 Å². The monoisotopic (exact) mass is 478 g/mol. The maximum absolute atomic E-state index is 13.3. The number of amidine groups is 1. The van der Waals surface area contributed by atoms with Gasteiger partial charge < -0.3 is 16.1 Å². The number of carbonyl (C=O) groups excluding carboxylic acids is 1. The van der Waals surface area contributed by atoms with Gasteiger partial charge in [-0.1, -0.05) is 11.6 Å². The molecule has 1 aromatic heterocycles. The van der Waals surface area contributed by atoms with Gasteiger partial charge in [-0.3, -0.25) is 15.2 Å². The molecule has 0 saturated heterocycles. The second kappa shape index (κ2) is 10.0. The molecular weight excluding hydrogens is 457 g/mol. The highest BCUT2D eigenvalue weighted by Gasteiger charge is 2.49. The fraction of sp³-hybridized carbons (Fsp3) is 0.273. The lowest BCUT2D eigenvalue weighted by molar-refractivity contribution is -0.136. The minimum absolute atomic E-state index is 0.00771. The number of alkyl halides is 3. The van der Waals surface area contributed by atoms with Crippen molar-refractivity contribution in [1.82, 2.24) is 15.7 Å². The summed E-state index contributed by atoms with van der Waals surface area (Å²) in [7, 11) is 1.64. The van der Waals surface area contributed by atoms with Crippen molar-refractivity contribution < 1.29 is 18.0 Å². The molecule has 1 aliphatic carbocycles. The summed E-state index contributed by atoms with van der Waals surface area (Å²) in [5.74, 6) is 0.248. The Morgan fingerprint density at radius 3 is 2.64 bits per heavy atom. The molecule has 174 valence electrons. The highest BCUT2D eigenvalue weighted by Crippen LogP contribution is 2.51. The maximum Gasteiger partial charge on any atom is 0.418 e. The van der Waals surface area contributed by atoms with Gasteiger partial charge in [-0.25, -0.2) is 0 Å². The molecule has 0 bridgehead atoms. The molecule has 3 rings (SSSR count). The van der Waals surface area contributed by atoms with E-state index >= 15 is 0 Å². The first-order valence-electron chi connectivity index (χ1n) is 9.97. The summed E-state index contributed by atoms with van der Waals surface area (Å²) in [6.07, 6.45) is 1.89. The van der Waals surface area contributed by atoms with Crippen molar-refractivity contribution >= 4 is 41.3 Å². The largest absolute Gasteiger partial charge is 0.418 e. The standard InChI is InChI=1S/C22H22ClF3N6O/c1-28-31-11-14(6-9-33)21(7-8-21)20(27)30-12-16-3-4-17(13-29-16)32-19-5-2-15(23)10-18(19)22(24,25)26/h2-6,9-11,13,28,32H,7-8,12H2,1H3,(H2,27,30)/b14-6+,31-11-. The molecule has 0 radical (unpaired) electrons. The fourth-order valence-electron chi connectivity index (χ4n) is 3.31. The average Bonchev–Trinajstić information content (AvgIpc) is 3.58. The van der Waals surface area contributed by atoms with Crippen LogP contribution in [0.15, 0.2) is 53.3 Å². The topological polar surface area (TPSA) is 102 Å². The number of allylic oxidation sites excluding steroid dienone is 1. The number of nitrogens with one attached hydrogen (secondary N) is 4. The predicted octanol–water partition coefficient (Wildman–Crippen LogP) is 4.67. The summed E-state index contributed by atoms with van der Waals surface area (Å²) in [6.45, 7) is 0.243. The van der Waals surface area contributed by atoms with Crippen molar-refractivity contribution in [3.05, 3.63) is 64.5 Å². The minimum atomic E-state index is -4.56. The third-order valence-corrected chi connectivity index (χ3v) is 5.43. The highest BCUT2D eigenvalue weighted by molar-refractivity contribution is 6.30. The molecule has 0 unspecified atom stereocenters. The molecule has 1 aliphatic rings. The number of hydrogen-bond donors (Lipinski definition) is 4. The fourth-order valence-corrected chi connectivity index (χ4v) is 3.48. The number of aromatic nitrogens is 1. The van der Waals surface area contributed by atoms with Crippen molar-refractivity contribution in [2.24, 2.45) is 10.5 Å². The van der Waals surface area contributed by atoms with E-state index in [4.69, 9.17) is 17.0 Å². The highest BCUT2D eigenvalue weighted by atomic mass is 35.5. The van der Waals surface area contributed by atoms with E-state index in [1.807, 2.05) is 0 Å². The number of hydrazone groups is 1. The Hall–Kier alpha value is -3.40. The zero-order chi connectivity index (χ0) is 24.1. The number of rotatable bonds is 9. The van der Waals surface area contributed by atoms with Crippen LogP contribution >= 0.6 is 11.6 Å². The van der Waals surface area contributed by atoms with Gasteiger partial charge in [-0.15, -0.1) is 0 Å². The molecule has 33 heavy (non-hydrogen) atoms. The molecule has 0 aliphatic heterocycles. The van der Waals surface area contributed by atoms with E-state index in [1.165, 1.54) is 30.6 Å². The summed E-state index contributed by atoms with van der Waals surface area (Å²) in [5, 5.41) is 18.1. The third kappa shape index (κ3) is 5.89. The minimum Gasteiger partial charge on any atom is -0.368 e. The number of anilines is 2. The van der Waals surface area contributed by atoms with E-state index in [0.29, 0.717) is 36.1 Å². The molecule has 1 saturated carbocycles. The first kappa shape index (κ1) is 24.2. The lowest BCUT2D eigenvalue weighted by Gasteiger charge is -2.19. The van der Waals surface area contributed by atoms with Gasteiger partial charge in [0.2, 0.25) is 0 Å². The molecule has 7 nitrogen and oxygen atoms in total. The number of nitrogens with zero attached hydrogens (tertiary/aromatic N) is 2. The van der Waals surface area contributed by atoms with Crippen LogP contribution in [0.25, 0.3) is 0 Å². The molecule has 0 spiro atoms. The number of halogens is 4. The average molecular weight is 479 g/mol. The molecule has 1 heterocycles. The van der Waals surface area contributed by atoms with Crippen LogP contribution in [0.4, 0.5) is 24.5 Å².